The fourth-order valence-corrected chi connectivity index (χ4v) is 5.89. The molecule has 4 bridgehead atoms. The van der Waals surface area contributed by atoms with E-state index in [9.17, 15) is 9.59 Å². The van der Waals surface area contributed by atoms with E-state index in [1.807, 2.05) is 24.4 Å². The number of hydrogen-bond acceptors (Lipinski definition) is 6. The third-order valence-corrected chi connectivity index (χ3v) is 7.44. The van der Waals surface area contributed by atoms with Crippen molar-refractivity contribution in [2.45, 2.75) is 70.3 Å². The second-order valence-electron chi connectivity index (χ2n) is 10.8. The van der Waals surface area contributed by atoms with Crippen LogP contribution >= 0.6 is 0 Å². The highest BCUT2D eigenvalue weighted by Gasteiger charge is 2.58. The van der Waals surface area contributed by atoms with Gasteiger partial charge in [0.05, 0.1) is 17.2 Å². The fourth-order valence-electron chi connectivity index (χ4n) is 5.89. The van der Waals surface area contributed by atoms with Crippen molar-refractivity contribution in [3.05, 3.63) is 36.0 Å². The molecule has 5 aliphatic heterocycles. The van der Waals surface area contributed by atoms with Crippen molar-refractivity contribution in [2.75, 3.05) is 25.0 Å². The first-order valence-corrected chi connectivity index (χ1v) is 12.2. The molecule has 5 aliphatic rings. The Morgan fingerprint density at radius 2 is 2.12 bits per heavy atom. The van der Waals surface area contributed by atoms with Crippen LogP contribution in [0.4, 0.5) is 10.5 Å². The predicted molar refractivity (Wildman–Crippen MR) is 130 cm³/mol. The van der Waals surface area contributed by atoms with Crippen molar-refractivity contribution in [1.29, 1.82) is 0 Å². The number of morpholine rings is 1. The average Bonchev–Trinajstić information content (AvgIpc) is 2.81. The minimum atomic E-state index is -0.619. The maximum Gasteiger partial charge on any atom is 0.408 e. The summed E-state index contributed by atoms with van der Waals surface area (Å²) in [6.45, 7) is 9.58. The predicted octanol–water partition coefficient (Wildman–Crippen LogP) is 4.01. The first kappa shape index (κ1) is 23.1. The second kappa shape index (κ2) is 8.50. The third kappa shape index (κ3) is 4.25. The number of alkyl carbamates (subject to hydrolysis) is 1. The Hall–Kier alpha value is -2.71. The lowest BCUT2D eigenvalue weighted by atomic mass is 9.66. The lowest BCUT2D eigenvalue weighted by Crippen LogP contribution is -2.70. The van der Waals surface area contributed by atoms with Crippen molar-refractivity contribution in [2.24, 2.45) is 5.92 Å². The summed E-state index contributed by atoms with van der Waals surface area (Å²) in [7, 11) is 0. The molecule has 5 saturated heterocycles. The topological polar surface area (TPSA) is 92.8 Å². The van der Waals surface area contributed by atoms with E-state index in [-0.39, 0.29) is 24.2 Å². The molecule has 3 unspecified atom stereocenters. The zero-order valence-electron chi connectivity index (χ0n) is 20.4. The molecular formula is C26H34N4O4. The van der Waals surface area contributed by atoms with Gasteiger partial charge in [0.2, 0.25) is 5.91 Å². The monoisotopic (exact) mass is 466 g/mol. The Balaban J connectivity index is 1.34. The Bertz CT molecular complexity index is 1110. The van der Waals surface area contributed by atoms with E-state index in [1.165, 1.54) is 12.8 Å². The first-order valence-electron chi connectivity index (χ1n) is 12.2. The number of carbonyl (C=O) groups excluding carboxylic acids is 2. The quantitative estimate of drug-likeness (QED) is 0.692. The number of benzene rings is 1. The number of nitrogens with one attached hydrogen (secondary N) is 2. The number of anilines is 1. The number of piperidine rings is 3. The van der Waals surface area contributed by atoms with Gasteiger partial charge >= 0.3 is 6.09 Å². The van der Waals surface area contributed by atoms with Crippen LogP contribution in [0.2, 0.25) is 0 Å². The Morgan fingerprint density at radius 1 is 1.29 bits per heavy atom. The van der Waals surface area contributed by atoms with Crippen LogP contribution in [0.1, 0.15) is 58.6 Å². The first-order chi connectivity index (χ1) is 16.2. The number of pyridine rings is 1. The number of fused-ring (bicyclic) bond motifs is 3. The number of amides is 2. The standard InChI is InChI=1S/C26H34N4O4/c1-5-26-15-30-11-9-16(26)12-21(30)23(33-26)18-8-10-27-20-7-6-17(13-19(18)20)29-22(31)14-28-24(32)34-25(2,3)4/h6-8,10,13,16,21,23H,5,9,11-12,14-15H2,1-4H3,(H,28,32)(H,29,31)/t16?,21?,23-,26-/m0/s1. The minimum absolute atomic E-state index is 0.00413. The van der Waals surface area contributed by atoms with Gasteiger partial charge in [-0.15, -0.1) is 0 Å². The van der Waals surface area contributed by atoms with E-state index in [2.05, 4.69) is 33.5 Å². The van der Waals surface area contributed by atoms with E-state index < -0.39 is 11.7 Å². The normalized spacial score (nSPS) is 29.8. The number of ether oxygens (including phenoxy) is 2. The molecule has 7 rings (SSSR count). The smallest absolute Gasteiger partial charge is 0.408 e. The SMILES string of the molecule is CC[C@]12CN3CCC1CC3[C@H](c1ccnc3ccc(NC(=O)CNC(=O)OC(C)(C)C)cc13)O2. The molecule has 6 heterocycles. The average molecular weight is 467 g/mol. The molecule has 0 radical (unpaired) electrons. The van der Waals surface area contributed by atoms with Gasteiger partial charge in [-0.25, -0.2) is 4.79 Å². The zero-order chi connectivity index (χ0) is 24.1. The van der Waals surface area contributed by atoms with Gasteiger partial charge in [-0.05, 0) is 82.3 Å². The molecule has 1 aromatic carbocycles. The summed E-state index contributed by atoms with van der Waals surface area (Å²) in [6, 6.07) is 8.15. The van der Waals surface area contributed by atoms with Gasteiger partial charge in [0, 0.05) is 29.9 Å². The number of aromatic nitrogens is 1. The Kier molecular flexibility index (Phi) is 5.76. The second-order valence-corrected chi connectivity index (χ2v) is 10.8. The summed E-state index contributed by atoms with van der Waals surface area (Å²) < 4.78 is 12.0. The number of carbonyl (C=O) groups is 2. The van der Waals surface area contributed by atoms with Crippen LogP contribution in [0, 0.1) is 5.92 Å². The molecule has 34 heavy (non-hydrogen) atoms. The number of nitrogens with zero attached hydrogens (tertiary/aromatic N) is 2. The largest absolute Gasteiger partial charge is 0.444 e. The molecule has 2 N–H and O–H groups in total. The molecule has 5 fully saturated rings. The van der Waals surface area contributed by atoms with Crippen molar-refractivity contribution in [3.63, 3.8) is 0 Å². The lowest BCUT2D eigenvalue weighted by molar-refractivity contribution is -0.274. The molecule has 0 spiro atoms. The van der Waals surface area contributed by atoms with Gasteiger partial charge in [0.25, 0.3) is 0 Å². The van der Waals surface area contributed by atoms with Crippen LogP contribution in [-0.2, 0) is 14.3 Å². The molecule has 2 amide bonds. The van der Waals surface area contributed by atoms with Crippen molar-refractivity contribution < 1.29 is 19.1 Å². The van der Waals surface area contributed by atoms with E-state index in [0.717, 1.165) is 36.0 Å². The van der Waals surface area contributed by atoms with E-state index >= 15 is 0 Å². The van der Waals surface area contributed by atoms with E-state index in [1.54, 1.807) is 20.8 Å². The van der Waals surface area contributed by atoms with Crippen LogP contribution in [0.25, 0.3) is 10.9 Å². The molecule has 8 nitrogen and oxygen atoms in total. The Morgan fingerprint density at radius 3 is 2.82 bits per heavy atom. The number of hydrogen-bond donors (Lipinski definition) is 2. The van der Waals surface area contributed by atoms with Gasteiger partial charge in [-0.1, -0.05) is 6.92 Å². The summed E-state index contributed by atoms with van der Waals surface area (Å²) in [5.74, 6) is 0.321. The van der Waals surface area contributed by atoms with Gasteiger partial charge in [0.15, 0.2) is 0 Å². The van der Waals surface area contributed by atoms with Crippen LogP contribution in [-0.4, -0.2) is 58.8 Å². The molecule has 2 aromatic rings. The van der Waals surface area contributed by atoms with Crippen molar-refractivity contribution >= 4 is 28.6 Å². The molecule has 0 saturated carbocycles. The summed E-state index contributed by atoms with van der Waals surface area (Å²) >= 11 is 0. The third-order valence-electron chi connectivity index (χ3n) is 7.44. The maximum atomic E-state index is 12.4. The molecule has 0 aliphatic carbocycles. The van der Waals surface area contributed by atoms with E-state index in [0.29, 0.717) is 17.6 Å². The Labute approximate surface area is 200 Å². The highest BCUT2D eigenvalue weighted by molar-refractivity contribution is 5.96. The van der Waals surface area contributed by atoms with Gasteiger partial charge in [-0.3, -0.25) is 14.7 Å². The minimum Gasteiger partial charge on any atom is -0.444 e. The maximum absolute atomic E-state index is 12.4. The van der Waals surface area contributed by atoms with Crippen LogP contribution in [0.3, 0.4) is 0 Å². The molecular weight excluding hydrogens is 432 g/mol. The molecule has 5 atom stereocenters. The van der Waals surface area contributed by atoms with Gasteiger partial charge < -0.3 is 20.1 Å². The lowest BCUT2D eigenvalue weighted by Gasteiger charge is -2.64. The summed E-state index contributed by atoms with van der Waals surface area (Å²) in [5, 5.41) is 6.35. The van der Waals surface area contributed by atoms with Crippen LogP contribution in [0.15, 0.2) is 30.5 Å². The fraction of sp³-hybridized carbons (Fsp3) is 0.577. The van der Waals surface area contributed by atoms with Gasteiger partial charge in [-0.2, -0.15) is 0 Å². The van der Waals surface area contributed by atoms with Crippen LogP contribution < -0.4 is 10.6 Å². The molecule has 1 aromatic heterocycles. The summed E-state index contributed by atoms with van der Waals surface area (Å²) in [4.78, 5) is 31.4. The van der Waals surface area contributed by atoms with Gasteiger partial charge in [0.1, 0.15) is 12.1 Å². The highest BCUT2D eigenvalue weighted by atomic mass is 16.6. The van der Waals surface area contributed by atoms with Crippen molar-refractivity contribution in [3.8, 4) is 0 Å². The van der Waals surface area contributed by atoms with Crippen LogP contribution in [0.5, 0.6) is 0 Å². The van der Waals surface area contributed by atoms with Crippen molar-refractivity contribution in [1.82, 2.24) is 15.2 Å². The number of rotatable bonds is 5. The zero-order valence-corrected chi connectivity index (χ0v) is 20.4. The molecule has 8 heteroatoms. The highest BCUT2D eigenvalue weighted by Crippen LogP contribution is 2.54. The summed E-state index contributed by atoms with van der Waals surface area (Å²) in [5.41, 5.74) is 1.98. The molecule has 182 valence electrons. The summed E-state index contributed by atoms with van der Waals surface area (Å²) in [6.07, 6.45) is 4.64. The van der Waals surface area contributed by atoms with E-state index in [4.69, 9.17) is 9.47 Å².